The van der Waals surface area contributed by atoms with Gasteiger partial charge in [-0.25, -0.2) is 0 Å². The molecule has 0 bridgehead atoms. The van der Waals surface area contributed by atoms with Crippen molar-refractivity contribution in [2.45, 2.75) is 271 Å². The molecule has 5 nitrogen and oxygen atoms in total. The number of carbonyl (C=O) groups excluding carboxylic acids is 2. The predicted octanol–water partition coefficient (Wildman–Crippen LogP) is 19.8. The second-order valence-corrected chi connectivity index (χ2v) is 18.8. The Kier molecular flexibility index (Phi) is 55.4. The summed E-state index contributed by atoms with van der Waals surface area (Å²) in [6.07, 6.45) is 78.5. The lowest BCUT2D eigenvalue weighted by Crippen LogP contribution is -2.30. The summed E-state index contributed by atoms with van der Waals surface area (Å²) in [5, 5.41) is 0. The summed E-state index contributed by atoms with van der Waals surface area (Å²) in [5.74, 6) is -0.423. The van der Waals surface area contributed by atoms with Gasteiger partial charge in [0.15, 0.2) is 6.10 Å². The molecule has 0 aromatic carbocycles. The van der Waals surface area contributed by atoms with Crippen LogP contribution in [0.15, 0.2) is 97.2 Å². The van der Waals surface area contributed by atoms with E-state index in [0.29, 0.717) is 19.4 Å². The van der Waals surface area contributed by atoms with Gasteiger partial charge in [-0.3, -0.25) is 9.59 Å². The molecule has 0 amide bonds. The Morgan fingerprint density at radius 3 is 1.07 bits per heavy atom. The van der Waals surface area contributed by atoms with Crippen molar-refractivity contribution in [3.8, 4) is 0 Å². The summed E-state index contributed by atoms with van der Waals surface area (Å²) in [6.45, 7) is 7.57. The van der Waals surface area contributed by atoms with E-state index in [1.807, 2.05) is 0 Å². The molecule has 0 rings (SSSR count). The smallest absolute Gasteiger partial charge is 0.306 e. The number of carbonyl (C=O) groups is 2. The average molecular weight is 946 g/mol. The first-order valence-electron chi connectivity index (χ1n) is 28.8. The first-order chi connectivity index (χ1) is 33.6. The Morgan fingerprint density at radius 1 is 0.338 bits per heavy atom. The Bertz CT molecular complexity index is 1300. The van der Waals surface area contributed by atoms with Crippen LogP contribution in [0.5, 0.6) is 0 Å². The zero-order valence-corrected chi connectivity index (χ0v) is 44.8. The third-order valence-electron chi connectivity index (χ3n) is 12.1. The third-order valence-corrected chi connectivity index (χ3v) is 12.1. The molecule has 0 aromatic rings. The largest absolute Gasteiger partial charge is 0.462 e. The fourth-order valence-electron chi connectivity index (χ4n) is 7.86. The lowest BCUT2D eigenvalue weighted by Gasteiger charge is -2.18. The van der Waals surface area contributed by atoms with Crippen molar-refractivity contribution >= 4 is 11.9 Å². The maximum Gasteiger partial charge on any atom is 0.306 e. The molecule has 0 saturated heterocycles. The Hall–Kier alpha value is -3.18. The number of ether oxygens (including phenoxy) is 3. The van der Waals surface area contributed by atoms with E-state index in [1.54, 1.807) is 0 Å². The van der Waals surface area contributed by atoms with Gasteiger partial charge in [-0.05, 0) is 116 Å². The monoisotopic (exact) mass is 945 g/mol. The molecule has 0 heterocycles. The molecule has 0 aliphatic rings. The Balaban J connectivity index is 4.34. The third kappa shape index (κ3) is 55.4. The lowest BCUT2D eigenvalue weighted by atomic mass is 10.1. The van der Waals surface area contributed by atoms with Crippen LogP contribution in [0.25, 0.3) is 0 Å². The molecule has 5 heteroatoms. The molecule has 0 spiro atoms. The summed E-state index contributed by atoms with van der Waals surface area (Å²) < 4.78 is 17.5. The van der Waals surface area contributed by atoms with Crippen LogP contribution in [0.1, 0.15) is 265 Å². The van der Waals surface area contributed by atoms with Crippen LogP contribution >= 0.6 is 0 Å². The maximum atomic E-state index is 12.9. The highest BCUT2D eigenvalue weighted by Gasteiger charge is 2.17. The number of hydrogen-bond acceptors (Lipinski definition) is 5. The van der Waals surface area contributed by atoms with Gasteiger partial charge in [0.25, 0.3) is 0 Å². The highest BCUT2D eigenvalue weighted by Crippen LogP contribution is 2.14. The molecule has 1 atom stereocenters. The van der Waals surface area contributed by atoms with Crippen molar-refractivity contribution < 1.29 is 23.8 Å². The van der Waals surface area contributed by atoms with E-state index < -0.39 is 6.10 Å². The van der Waals surface area contributed by atoms with Crippen LogP contribution in [0, 0.1) is 0 Å². The van der Waals surface area contributed by atoms with Gasteiger partial charge >= 0.3 is 11.9 Å². The molecular weight excluding hydrogens is 837 g/mol. The van der Waals surface area contributed by atoms with Crippen LogP contribution in [0.4, 0.5) is 0 Å². The molecule has 1 unspecified atom stereocenters. The number of unbranched alkanes of at least 4 members (excludes halogenated alkanes) is 25. The second kappa shape index (κ2) is 58.1. The van der Waals surface area contributed by atoms with E-state index >= 15 is 0 Å². The van der Waals surface area contributed by atoms with E-state index in [2.05, 4.69) is 118 Å². The van der Waals surface area contributed by atoms with Crippen LogP contribution in [-0.4, -0.2) is 37.9 Å². The van der Waals surface area contributed by atoms with Gasteiger partial charge in [0.05, 0.1) is 6.61 Å². The van der Waals surface area contributed by atoms with Crippen molar-refractivity contribution in [3.05, 3.63) is 97.2 Å². The standard InChI is InChI=1S/C63H108O5/c1-4-7-10-13-16-19-22-25-28-31-32-34-35-38-41-44-47-50-53-56-62(64)67-60-61(59-66-58-55-52-49-46-43-40-37-30-27-24-21-18-15-12-9-6-3)68-63(65)57-54-51-48-45-42-39-36-33-29-26-23-20-17-14-11-8-5-2/h7,9-10,12,16,18-19,21,25-30,32,34,61H,4-6,8,11,13-15,17,20,22-24,31,33,35-60H2,1-3H3/b10-7-,12-9-,19-16-,21-18-,28-25-,29-26-,30-27-,34-32-. The second-order valence-electron chi connectivity index (χ2n) is 18.8. The van der Waals surface area contributed by atoms with Gasteiger partial charge in [-0.1, -0.05) is 234 Å². The van der Waals surface area contributed by atoms with Crippen molar-refractivity contribution in [3.63, 3.8) is 0 Å². The van der Waals surface area contributed by atoms with Gasteiger partial charge < -0.3 is 14.2 Å². The quantitative estimate of drug-likeness (QED) is 0.0345. The fraction of sp³-hybridized carbons (Fsp3) is 0.714. The van der Waals surface area contributed by atoms with Crippen LogP contribution < -0.4 is 0 Å². The summed E-state index contributed by atoms with van der Waals surface area (Å²) in [5.41, 5.74) is 0. The topological polar surface area (TPSA) is 61.8 Å². The fourth-order valence-corrected chi connectivity index (χ4v) is 7.86. The van der Waals surface area contributed by atoms with Crippen LogP contribution in [0.3, 0.4) is 0 Å². The minimum Gasteiger partial charge on any atom is -0.462 e. The average Bonchev–Trinajstić information content (AvgIpc) is 3.34. The SMILES string of the molecule is CC/C=C\C/C=C\C/C=C\C/C=C\CCCCCCCCC(=O)OCC(COCCCCCCCC/C=C\C/C=C\C/C=C\CC)OC(=O)CCCCCCCCC/C=C\CCCCCCCC. The number of esters is 2. The van der Waals surface area contributed by atoms with Gasteiger partial charge in [0.2, 0.25) is 0 Å². The van der Waals surface area contributed by atoms with Crippen molar-refractivity contribution in [2.75, 3.05) is 19.8 Å². The minimum atomic E-state index is -0.557. The summed E-state index contributed by atoms with van der Waals surface area (Å²) in [4.78, 5) is 25.5. The van der Waals surface area contributed by atoms with Crippen molar-refractivity contribution in [1.82, 2.24) is 0 Å². The predicted molar refractivity (Wildman–Crippen MR) is 297 cm³/mol. The molecule has 0 aromatic heterocycles. The summed E-state index contributed by atoms with van der Waals surface area (Å²) in [6, 6.07) is 0. The molecule has 0 aliphatic carbocycles. The normalized spacial score (nSPS) is 12.9. The lowest BCUT2D eigenvalue weighted by molar-refractivity contribution is -0.163. The summed E-state index contributed by atoms with van der Waals surface area (Å²) in [7, 11) is 0. The maximum absolute atomic E-state index is 12.9. The van der Waals surface area contributed by atoms with Gasteiger partial charge in [-0.15, -0.1) is 0 Å². The molecular formula is C63H108O5. The number of hydrogen-bond donors (Lipinski definition) is 0. The van der Waals surface area contributed by atoms with E-state index in [1.165, 1.54) is 122 Å². The Labute approximate surface area is 422 Å². The minimum absolute atomic E-state index is 0.0666. The number of rotatable bonds is 52. The Morgan fingerprint density at radius 2 is 0.662 bits per heavy atom. The molecule has 0 N–H and O–H groups in total. The zero-order valence-electron chi connectivity index (χ0n) is 44.8. The zero-order chi connectivity index (χ0) is 49.2. The van der Waals surface area contributed by atoms with Crippen molar-refractivity contribution in [1.29, 1.82) is 0 Å². The molecule has 0 fully saturated rings. The number of allylic oxidation sites excluding steroid dienone is 16. The first kappa shape index (κ1) is 64.8. The van der Waals surface area contributed by atoms with Gasteiger partial charge in [-0.2, -0.15) is 0 Å². The highest BCUT2D eigenvalue weighted by molar-refractivity contribution is 5.70. The molecule has 0 aliphatic heterocycles. The van der Waals surface area contributed by atoms with E-state index in [9.17, 15) is 9.59 Å². The molecule has 390 valence electrons. The molecule has 0 radical (unpaired) electrons. The van der Waals surface area contributed by atoms with Gasteiger partial charge in [0.1, 0.15) is 6.61 Å². The van der Waals surface area contributed by atoms with E-state index in [-0.39, 0.29) is 25.2 Å². The first-order valence-corrected chi connectivity index (χ1v) is 28.8. The van der Waals surface area contributed by atoms with Crippen LogP contribution in [0.2, 0.25) is 0 Å². The van der Waals surface area contributed by atoms with E-state index in [0.717, 1.165) is 109 Å². The van der Waals surface area contributed by atoms with E-state index in [4.69, 9.17) is 14.2 Å². The summed E-state index contributed by atoms with van der Waals surface area (Å²) >= 11 is 0. The van der Waals surface area contributed by atoms with Crippen LogP contribution in [-0.2, 0) is 23.8 Å². The highest BCUT2D eigenvalue weighted by atomic mass is 16.6. The van der Waals surface area contributed by atoms with Gasteiger partial charge in [0, 0.05) is 19.4 Å². The van der Waals surface area contributed by atoms with Crippen molar-refractivity contribution in [2.24, 2.45) is 0 Å². The molecule has 0 saturated carbocycles. The molecule has 68 heavy (non-hydrogen) atoms.